The molecule has 2 aromatic carbocycles. The summed E-state index contributed by atoms with van der Waals surface area (Å²) in [6.07, 6.45) is 1.20. The van der Waals surface area contributed by atoms with Crippen LogP contribution in [0.15, 0.2) is 42.5 Å². The fraction of sp³-hybridized carbons (Fsp3) is 0.125. The molecule has 0 atom stereocenters. The van der Waals surface area contributed by atoms with Gasteiger partial charge in [0.25, 0.3) is 0 Å². The summed E-state index contributed by atoms with van der Waals surface area (Å²) in [6, 6.07) is 14.7. The van der Waals surface area contributed by atoms with Crippen molar-refractivity contribution in [2.75, 3.05) is 5.32 Å². The molecule has 1 amide bonds. The first-order valence-electron chi connectivity index (χ1n) is 6.36. The molecule has 4 nitrogen and oxygen atoms in total. The third kappa shape index (κ3) is 2.34. The van der Waals surface area contributed by atoms with Crippen LogP contribution in [0.1, 0.15) is 17.5 Å². The Kier molecular flexibility index (Phi) is 3.10. The van der Waals surface area contributed by atoms with E-state index < -0.39 is 0 Å². The maximum absolute atomic E-state index is 11.3. The van der Waals surface area contributed by atoms with Crippen molar-refractivity contribution in [3.63, 3.8) is 0 Å². The van der Waals surface area contributed by atoms with E-state index in [9.17, 15) is 4.79 Å². The summed E-state index contributed by atoms with van der Waals surface area (Å²) in [5.74, 6) is 1.25. The maximum atomic E-state index is 11.3. The van der Waals surface area contributed by atoms with E-state index in [-0.39, 0.29) is 5.91 Å². The number of hydrogen-bond donors (Lipinski definition) is 1. The van der Waals surface area contributed by atoms with Crippen LogP contribution < -0.4 is 10.1 Å². The Balaban J connectivity index is 1.89. The molecule has 4 heteroatoms. The lowest BCUT2D eigenvalue weighted by Gasteiger charge is -2.17. The fourth-order valence-electron chi connectivity index (χ4n) is 2.20. The van der Waals surface area contributed by atoms with Gasteiger partial charge in [-0.05, 0) is 42.3 Å². The molecule has 1 N–H and O–H groups in total. The van der Waals surface area contributed by atoms with Gasteiger partial charge in [0.2, 0.25) is 5.91 Å². The lowest BCUT2D eigenvalue weighted by atomic mass is 10.0. The van der Waals surface area contributed by atoms with E-state index in [1.807, 2.05) is 18.2 Å². The van der Waals surface area contributed by atoms with Gasteiger partial charge in [0.1, 0.15) is 17.6 Å². The summed E-state index contributed by atoms with van der Waals surface area (Å²) in [5.41, 5.74) is 2.39. The zero-order valence-corrected chi connectivity index (χ0v) is 10.7. The standard InChI is InChI=1S/C16H12N2O2/c17-10-12-3-1-2-4-15(12)20-13-6-7-14-11(9-13)5-8-16(19)18-14/h1-4,6-7,9H,5,8H2,(H,18,19). The van der Waals surface area contributed by atoms with E-state index >= 15 is 0 Å². The van der Waals surface area contributed by atoms with Crippen LogP contribution in [-0.2, 0) is 11.2 Å². The van der Waals surface area contributed by atoms with Crippen molar-refractivity contribution in [1.82, 2.24) is 0 Å². The number of carbonyl (C=O) groups is 1. The topological polar surface area (TPSA) is 62.1 Å². The molecule has 0 bridgehead atoms. The highest BCUT2D eigenvalue weighted by Gasteiger charge is 2.15. The smallest absolute Gasteiger partial charge is 0.224 e. The summed E-state index contributed by atoms with van der Waals surface area (Å²) in [4.78, 5) is 11.3. The van der Waals surface area contributed by atoms with Gasteiger partial charge in [-0.15, -0.1) is 0 Å². The minimum absolute atomic E-state index is 0.0426. The Bertz CT molecular complexity index is 717. The van der Waals surface area contributed by atoms with E-state index in [0.29, 0.717) is 29.9 Å². The van der Waals surface area contributed by atoms with Crippen molar-refractivity contribution in [3.8, 4) is 17.6 Å². The predicted molar refractivity (Wildman–Crippen MR) is 74.6 cm³/mol. The molecule has 0 radical (unpaired) electrons. The van der Waals surface area contributed by atoms with Crippen LogP contribution in [0.2, 0.25) is 0 Å². The normalized spacial score (nSPS) is 13.1. The van der Waals surface area contributed by atoms with E-state index in [2.05, 4.69) is 11.4 Å². The lowest BCUT2D eigenvalue weighted by Crippen LogP contribution is -2.18. The van der Waals surface area contributed by atoms with Crippen LogP contribution in [-0.4, -0.2) is 5.91 Å². The molecular formula is C16H12N2O2. The van der Waals surface area contributed by atoms with Gasteiger partial charge in [-0.2, -0.15) is 5.26 Å². The molecular weight excluding hydrogens is 252 g/mol. The van der Waals surface area contributed by atoms with Crippen molar-refractivity contribution in [1.29, 1.82) is 5.26 Å². The van der Waals surface area contributed by atoms with Gasteiger partial charge < -0.3 is 10.1 Å². The van der Waals surface area contributed by atoms with Crippen LogP contribution in [0.25, 0.3) is 0 Å². The summed E-state index contributed by atoms with van der Waals surface area (Å²) in [6.45, 7) is 0. The summed E-state index contributed by atoms with van der Waals surface area (Å²) in [7, 11) is 0. The SMILES string of the molecule is N#Cc1ccccc1Oc1ccc2c(c1)CCC(=O)N2. The molecule has 2 aromatic rings. The second-order valence-corrected chi connectivity index (χ2v) is 4.58. The Morgan fingerprint density at radius 1 is 1.15 bits per heavy atom. The number of amides is 1. The zero-order chi connectivity index (χ0) is 13.9. The van der Waals surface area contributed by atoms with Gasteiger partial charge >= 0.3 is 0 Å². The van der Waals surface area contributed by atoms with Crippen molar-refractivity contribution in [2.45, 2.75) is 12.8 Å². The Morgan fingerprint density at radius 2 is 2.00 bits per heavy atom. The number of rotatable bonds is 2. The molecule has 1 heterocycles. The molecule has 1 aliphatic heterocycles. The van der Waals surface area contributed by atoms with Crippen LogP contribution in [0.4, 0.5) is 5.69 Å². The number of nitrogens with one attached hydrogen (secondary N) is 1. The third-order valence-corrected chi connectivity index (χ3v) is 3.21. The second kappa shape index (κ2) is 5.06. The van der Waals surface area contributed by atoms with Gasteiger partial charge in [0.15, 0.2) is 0 Å². The highest BCUT2D eigenvalue weighted by atomic mass is 16.5. The third-order valence-electron chi connectivity index (χ3n) is 3.21. The van der Waals surface area contributed by atoms with Crippen molar-refractivity contribution in [3.05, 3.63) is 53.6 Å². The van der Waals surface area contributed by atoms with Crippen LogP contribution >= 0.6 is 0 Å². The van der Waals surface area contributed by atoms with E-state index in [4.69, 9.17) is 10.00 Å². The van der Waals surface area contributed by atoms with Crippen molar-refractivity contribution in [2.24, 2.45) is 0 Å². The average molecular weight is 264 g/mol. The second-order valence-electron chi connectivity index (χ2n) is 4.58. The maximum Gasteiger partial charge on any atom is 0.224 e. The number of benzene rings is 2. The van der Waals surface area contributed by atoms with Crippen LogP contribution in [0, 0.1) is 11.3 Å². The largest absolute Gasteiger partial charge is 0.456 e. The number of aryl methyl sites for hydroxylation is 1. The molecule has 0 saturated carbocycles. The van der Waals surface area contributed by atoms with E-state index in [0.717, 1.165) is 11.3 Å². The molecule has 0 spiro atoms. The molecule has 20 heavy (non-hydrogen) atoms. The predicted octanol–water partition coefficient (Wildman–Crippen LogP) is 3.24. The monoisotopic (exact) mass is 264 g/mol. The van der Waals surface area contributed by atoms with Crippen LogP contribution in [0.3, 0.4) is 0 Å². The number of hydrogen-bond acceptors (Lipinski definition) is 3. The number of ether oxygens (including phenoxy) is 1. The Hall–Kier alpha value is -2.80. The fourth-order valence-corrected chi connectivity index (χ4v) is 2.20. The molecule has 1 aliphatic rings. The summed E-state index contributed by atoms with van der Waals surface area (Å²) >= 11 is 0. The van der Waals surface area contributed by atoms with Crippen molar-refractivity contribution >= 4 is 11.6 Å². The minimum atomic E-state index is 0.0426. The van der Waals surface area contributed by atoms with E-state index in [1.165, 1.54) is 0 Å². The number of fused-ring (bicyclic) bond motifs is 1. The number of anilines is 1. The molecule has 0 fully saturated rings. The number of nitrogens with zero attached hydrogens (tertiary/aromatic N) is 1. The number of carbonyl (C=O) groups excluding carboxylic acids is 1. The molecule has 3 rings (SSSR count). The van der Waals surface area contributed by atoms with Crippen molar-refractivity contribution < 1.29 is 9.53 Å². The molecule has 0 unspecified atom stereocenters. The highest BCUT2D eigenvalue weighted by Crippen LogP contribution is 2.30. The number of para-hydroxylation sites is 1. The molecule has 98 valence electrons. The average Bonchev–Trinajstić information content (AvgIpc) is 2.48. The summed E-state index contributed by atoms with van der Waals surface area (Å²) < 4.78 is 5.76. The lowest BCUT2D eigenvalue weighted by molar-refractivity contribution is -0.116. The van der Waals surface area contributed by atoms with Gasteiger partial charge in [-0.1, -0.05) is 12.1 Å². The first-order valence-corrected chi connectivity index (χ1v) is 6.36. The first-order chi connectivity index (χ1) is 9.76. The molecule has 0 saturated heterocycles. The van der Waals surface area contributed by atoms with E-state index in [1.54, 1.807) is 24.3 Å². The summed E-state index contributed by atoms with van der Waals surface area (Å²) in [5, 5.41) is 11.9. The Labute approximate surface area is 116 Å². The van der Waals surface area contributed by atoms with Gasteiger partial charge in [-0.25, -0.2) is 0 Å². The highest BCUT2D eigenvalue weighted by molar-refractivity contribution is 5.94. The first kappa shape index (κ1) is 12.2. The van der Waals surface area contributed by atoms with Gasteiger partial charge in [0, 0.05) is 12.1 Å². The molecule has 0 aromatic heterocycles. The van der Waals surface area contributed by atoms with Gasteiger partial charge in [0.05, 0.1) is 5.56 Å². The minimum Gasteiger partial charge on any atom is -0.456 e. The Morgan fingerprint density at radius 3 is 2.85 bits per heavy atom. The molecule has 0 aliphatic carbocycles. The van der Waals surface area contributed by atoms with Crippen LogP contribution in [0.5, 0.6) is 11.5 Å². The van der Waals surface area contributed by atoms with Gasteiger partial charge in [-0.3, -0.25) is 4.79 Å². The zero-order valence-electron chi connectivity index (χ0n) is 10.7. The quantitative estimate of drug-likeness (QED) is 0.905. The number of nitriles is 1.